The van der Waals surface area contributed by atoms with Crippen LogP contribution >= 0.6 is 0 Å². The predicted molar refractivity (Wildman–Crippen MR) is 148 cm³/mol. The van der Waals surface area contributed by atoms with E-state index in [-0.39, 0.29) is 17.4 Å². The lowest BCUT2D eigenvalue weighted by molar-refractivity contribution is 0.0948. The van der Waals surface area contributed by atoms with Crippen LogP contribution in [0.5, 0.6) is 11.5 Å². The number of ether oxygens (including phenoxy) is 1. The summed E-state index contributed by atoms with van der Waals surface area (Å²) in [6.45, 7) is 1.03. The lowest BCUT2D eigenvalue weighted by Crippen LogP contribution is -2.25. The van der Waals surface area contributed by atoms with Crippen LogP contribution in [0.3, 0.4) is 0 Å². The number of hydrogen-bond acceptors (Lipinski definition) is 4. The molecule has 0 bridgehead atoms. The van der Waals surface area contributed by atoms with Gasteiger partial charge in [-0.2, -0.15) is 0 Å². The number of carbonyl (C=O) groups excluding carboxylic acids is 1. The minimum atomic E-state index is -0.0620. The highest BCUT2D eigenvalue weighted by Gasteiger charge is 2.24. The average molecular weight is 500 g/mol. The second-order valence-electron chi connectivity index (χ2n) is 9.78. The van der Waals surface area contributed by atoms with E-state index in [2.05, 4.69) is 5.32 Å². The van der Waals surface area contributed by atoms with Gasteiger partial charge in [0, 0.05) is 19.2 Å². The second kappa shape index (κ2) is 13.1. The standard InChI is InChI=1S/C32H37NO4/c1-37-22-26-10-4-5-12-30(26)32(36)33-21-7-6-11-29(23-8-2-3-9-23)31(24-13-17-27(34)18-14-24)25-15-19-28(35)20-16-25/h4-5,10,12-20,23,34-35H,2-3,6-9,11,21-22H2,1H3,(H,33,36). The van der Waals surface area contributed by atoms with Crippen LogP contribution in [0.15, 0.2) is 78.4 Å². The van der Waals surface area contributed by atoms with Crippen LogP contribution in [0.25, 0.3) is 5.57 Å². The van der Waals surface area contributed by atoms with Crippen molar-refractivity contribution in [3.8, 4) is 11.5 Å². The SMILES string of the molecule is COCc1ccccc1C(=O)NCCCCC(=C(c1ccc(O)cc1)c1ccc(O)cc1)C1CCCC1. The molecule has 1 aliphatic carbocycles. The summed E-state index contributed by atoms with van der Waals surface area (Å²) in [4.78, 5) is 12.8. The summed E-state index contributed by atoms with van der Waals surface area (Å²) in [5.74, 6) is 0.958. The van der Waals surface area contributed by atoms with Gasteiger partial charge in [0.2, 0.25) is 0 Å². The van der Waals surface area contributed by atoms with Crippen molar-refractivity contribution >= 4 is 11.5 Å². The predicted octanol–water partition coefficient (Wildman–Crippen LogP) is 6.84. The number of phenolic OH excluding ortho intramolecular Hbond substituents is 2. The Bertz CT molecular complexity index is 1140. The Morgan fingerprint density at radius 2 is 1.46 bits per heavy atom. The molecule has 37 heavy (non-hydrogen) atoms. The molecule has 194 valence electrons. The largest absolute Gasteiger partial charge is 0.508 e. The van der Waals surface area contributed by atoms with Gasteiger partial charge in [0.25, 0.3) is 5.91 Å². The van der Waals surface area contributed by atoms with Gasteiger partial charge in [-0.15, -0.1) is 0 Å². The van der Waals surface area contributed by atoms with Crippen molar-refractivity contribution in [2.75, 3.05) is 13.7 Å². The Morgan fingerprint density at radius 3 is 2.05 bits per heavy atom. The Morgan fingerprint density at radius 1 is 0.865 bits per heavy atom. The summed E-state index contributed by atoms with van der Waals surface area (Å²) in [5, 5.41) is 22.8. The maximum atomic E-state index is 12.8. The molecule has 0 spiro atoms. The monoisotopic (exact) mass is 499 g/mol. The molecule has 1 fully saturated rings. The number of carbonyl (C=O) groups is 1. The fourth-order valence-corrected chi connectivity index (χ4v) is 5.36. The van der Waals surface area contributed by atoms with Crippen molar-refractivity contribution < 1.29 is 19.7 Å². The topological polar surface area (TPSA) is 78.8 Å². The molecule has 0 unspecified atom stereocenters. The highest BCUT2D eigenvalue weighted by atomic mass is 16.5. The zero-order chi connectivity index (χ0) is 26.0. The van der Waals surface area contributed by atoms with E-state index >= 15 is 0 Å². The number of rotatable bonds is 11. The van der Waals surface area contributed by atoms with Gasteiger partial charge in [-0.25, -0.2) is 0 Å². The van der Waals surface area contributed by atoms with E-state index in [1.807, 2.05) is 48.5 Å². The number of aromatic hydroxyl groups is 2. The summed E-state index contributed by atoms with van der Waals surface area (Å²) in [5.41, 5.74) is 6.34. The Labute approximate surface area is 219 Å². The first-order valence-corrected chi connectivity index (χ1v) is 13.2. The third-order valence-electron chi connectivity index (χ3n) is 7.20. The molecule has 5 nitrogen and oxygen atoms in total. The number of phenols is 2. The van der Waals surface area contributed by atoms with Crippen LogP contribution in [0.4, 0.5) is 0 Å². The highest BCUT2D eigenvalue weighted by Crippen LogP contribution is 2.41. The maximum Gasteiger partial charge on any atom is 0.251 e. The highest BCUT2D eigenvalue weighted by molar-refractivity contribution is 5.95. The molecule has 0 atom stereocenters. The minimum Gasteiger partial charge on any atom is -0.508 e. The van der Waals surface area contributed by atoms with Crippen LogP contribution in [0.1, 0.15) is 72.0 Å². The van der Waals surface area contributed by atoms with Crippen molar-refractivity contribution in [3.63, 3.8) is 0 Å². The normalized spacial score (nSPS) is 13.4. The van der Waals surface area contributed by atoms with E-state index in [0.717, 1.165) is 36.0 Å². The first kappa shape index (κ1) is 26.5. The van der Waals surface area contributed by atoms with Gasteiger partial charge >= 0.3 is 0 Å². The van der Waals surface area contributed by atoms with Crippen molar-refractivity contribution in [3.05, 3.63) is 101 Å². The fraction of sp³-hybridized carbons (Fsp3) is 0.344. The molecular weight excluding hydrogens is 462 g/mol. The molecule has 3 N–H and O–H groups in total. The van der Waals surface area contributed by atoms with E-state index in [1.54, 1.807) is 31.4 Å². The Hall–Kier alpha value is -3.57. The maximum absolute atomic E-state index is 12.8. The van der Waals surface area contributed by atoms with Crippen LogP contribution in [0, 0.1) is 5.92 Å². The minimum absolute atomic E-state index is 0.0620. The van der Waals surface area contributed by atoms with E-state index in [0.29, 0.717) is 24.6 Å². The summed E-state index contributed by atoms with van der Waals surface area (Å²) in [6, 6.07) is 22.4. The molecule has 5 heteroatoms. The fourth-order valence-electron chi connectivity index (χ4n) is 5.36. The zero-order valence-electron chi connectivity index (χ0n) is 21.6. The van der Waals surface area contributed by atoms with Crippen LogP contribution < -0.4 is 5.32 Å². The quantitative estimate of drug-likeness (QED) is 0.253. The first-order valence-electron chi connectivity index (χ1n) is 13.2. The summed E-state index contributed by atoms with van der Waals surface area (Å²) in [6.07, 6.45) is 7.63. The molecule has 0 saturated heterocycles. The van der Waals surface area contributed by atoms with Gasteiger partial charge in [0.1, 0.15) is 11.5 Å². The van der Waals surface area contributed by atoms with Gasteiger partial charge < -0.3 is 20.3 Å². The lowest BCUT2D eigenvalue weighted by atomic mass is 9.83. The summed E-state index contributed by atoms with van der Waals surface area (Å²) < 4.78 is 5.23. The van der Waals surface area contributed by atoms with Gasteiger partial charge in [0.05, 0.1) is 6.61 Å². The molecule has 1 saturated carbocycles. The van der Waals surface area contributed by atoms with Gasteiger partial charge in [0.15, 0.2) is 0 Å². The van der Waals surface area contributed by atoms with E-state index < -0.39 is 0 Å². The average Bonchev–Trinajstić information content (AvgIpc) is 3.45. The number of allylic oxidation sites excluding steroid dienone is 1. The molecule has 0 radical (unpaired) electrons. The number of unbranched alkanes of at least 4 members (excludes halogenated alkanes) is 1. The zero-order valence-corrected chi connectivity index (χ0v) is 21.6. The van der Waals surface area contributed by atoms with Crippen LogP contribution in [-0.2, 0) is 11.3 Å². The van der Waals surface area contributed by atoms with Crippen molar-refractivity contribution in [1.29, 1.82) is 0 Å². The van der Waals surface area contributed by atoms with E-state index in [9.17, 15) is 15.0 Å². The van der Waals surface area contributed by atoms with Crippen molar-refractivity contribution in [1.82, 2.24) is 5.32 Å². The molecule has 0 heterocycles. The third-order valence-corrected chi connectivity index (χ3v) is 7.20. The molecule has 3 aromatic carbocycles. The van der Waals surface area contributed by atoms with Crippen LogP contribution in [0.2, 0.25) is 0 Å². The number of hydrogen-bond donors (Lipinski definition) is 3. The van der Waals surface area contributed by atoms with Crippen molar-refractivity contribution in [2.45, 2.75) is 51.6 Å². The first-order chi connectivity index (χ1) is 18.1. The van der Waals surface area contributed by atoms with E-state index in [1.165, 1.54) is 36.8 Å². The van der Waals surface area contributed by atoms with Gasteiger partial charge in [-0.1, -0.05) is 60.9 Å². The van der Waals surface area contributed by atoms with Gasteiger partial charge in [-0.3, -0.25) is 4.79 Å². The van der Waals surface area contributed by atoms with Crippen molar-refractivity contribution in [2.24, 2.45) is 5.92 Å². The molecule has 3 aromatic rings. The molecule has 1 aliphatic rings. The second-order valence-corrected chi connectivity index (χ2v) is 9.78. The Kier molecular flexibility index (Phi) is 9.39. The Balaban J connectivity index is 1.50. The van der Waals surface area contributed by atoms with E-state index in [4.69, 9.17) is 4.74 Å². The number of amides is 1. The third kappa shape index (κ3) is 7.01. The lowest BCUT2D eigenvalue weighted by Gasteiger charge is -2.22. The smallest absolute Gasteiger partial charge is 0.251 e. The molecule has 1 amide bonds. The number of benzene rings is 3. The van der Waals surface area contributed by atoms with Gasteiger partial charge in [-0.05, 0) is 90.6 Å². The summed E-state index contributed by atoms with van der Waals surface area (Å²) >= 11 is 0. The molecule has 4 rings (SSSR count). The molecule has 0 aliphatic heterocycles. The van der Waals surface area contributed by atoms with Crippen LogP contribution in [-0.4, -0.2) is 29.8 Å². The number of methoxy groups -OCH3 is 1. The summed E-state index contributed by atoms with van der Waals surface area (Å²) in [7, 11) is 1.63. The molecular formula is C32H37NO4. The molecule has 0 aromatic heterocycles. The number of nitrogens with one attached hydrogen (secondary N) is 1.